The molecular formula is C14H20N2O3. The summed E-state index contributed by atoms with van der Waals surface area (Å²) in [5.74, 6) is 1.26. The Labute approximate surface area is 113 Å². The summed E-state index contributed by atoms with van der Waals surface area (Å²) in [6, 6.07) is 1.91. The molecule has 0 radical (unpaired) electrons. The van der Waals surface area contributed by atoms with Gasteiger partial charge in [-0.2, -0.15) is 0 Å². The maximum Gasteiger partial charge on any atom is 0.213 e. The summed E-state index contributed by atoms with van der Waals surface area (Å²) in [4.78, 5) is 17.3. The lowest BCUT2D eigenvalue weighted by Gasteiger charge is -2.27. The van der Waals surface area contributed by atoms with E-state index in [2.05, 4.69) is 4.98 Å². The number of aromatic nitrogens is 1. The lowest BCUT2D eigenvalue weighted by molar-refractivity contribution is -0.120. The molecule has 1 aromatic heterocycles. The smallest absolute Gasteiger partial charge is 0.213 e. The van der Waals surface area contributed by atoms with E-state index < -0.39 is 0 Å². The number of nitrogens with zero attached hydrogens (tertiary/aromatic N) is 2. The highest BCUT2D eigenvalue weighted by Crippen LogP contribution is 2.35. The molecule has 0 bridgehead atoms. The van der Waals surface area contributed by atoms with Gasteiger partial charge in [-0.15, -0.1) is 0 Å². The normalized spacial score (nSPS) is 19.7. The number of amides is 1. The van der Waals surface area contributed by atoms with Gasteiger partial charge in [0.15, 0.2) is 0 Å². The summed E-state index contributed by atoms with van der Waals surface area (Å²) in [7, 11) is 3.21. The fourth-order valence-electron chi connectivity index (χ4n) is 2.57. The summed E-state index contributed by atoms with van der Waals surface area (Å²) in [5.41, 5.74) is 0.975. The molecule has 2 rings (SSSR count). The Bertz CT molecular complexity index is 437. The molecule has 1 amide bonds. The molecule has 0 spiro atoms. The maximum atomic E-state index is 11.3. The third-order valence-corrected chi connectivity index (χ3v) is 3.59. The van der Waals surface area contributed by atoms with Crippen molar-refractivity contribution in [3.63, 3.8) is 0 Å². The van der Waals surface area contributed by atoms with Gasteiger partial charge in [0.1, 0.15) is 5.75 Å². The number of rotatable bonds is 4. The SMILES string of the molecule is COc1cc(C2CCCCCN2C=O)c(OC)cn1. The molecule has 0 saturated carbocycles. The van der Waals surface area contributed by atoms with Crippen LogP contribution in [0.5, 0.6) is 11.6 Å². The van der Waals surface area contributed by atoms with Crippen LogP contribution >= 0.6 is 0 Å². The molecule has 5 nitrogen and oxygen atoms in total. The van der Waals surface area contributed by atoms with Crippen LogP contribution in [-0.4, -0.2) is 37.1 Å². The average Bonchev–Trinajstić information content (AvgIpc) is 2.71. The first-order valence-corrected chi connectivity index (χ1v) is 6.59. The molecule has 1 fully saturated rings. The molecule has 2 heterocycles. The molecule has 1 aromatic rings. The van der Waals surface area contributed by atoms with Gasteiger partial charge in [-0.25, -0.2) is 4.98 Å². The molecule has 1 aliphatic rings. The van der Waals surface area contributed by atoms with Crippen LogP contribution in [0.25, 0.3) is 0 Å². The largest absolute Gasteiger partial charge is 0.495 e. The third kappa shape index (κ3) is 2.97. The monoisotopic (exact) mass is 264 g/mol. The molecule has 5 heteroatoms. The third-order valence-electron chi connectivity index (χ3n) is 3.59. The molecular weight excluding hydrogens is 244 g/mol. The maximum absolute atomic E-state index is 11.3. The summed E-state index contributed by atoms with van der Waals surface area (Å²) >= 11 is 0. The molecule has 0 aliphatic carbocycles. The van der Waals surface area contributed by atoms with Crippen molar-refractivity contribution in [2.24, 2.45) is 0 Å². The van der Waals surface area contributed by atoms with Crippen molar-refractivity contribution in [1.29, 1.82) is 0 Å². The lowest BCUT2D eigenvalue weighted by Crippen LogP contribution is -2.27. The van der Waals surface area contributed by atoms with E-state index in [1.807, 2.05) is 11.0 Å². The Morgan fingerprint density at radius 3 is 2.84 bits per heavy atom. The van der Waals surface area contributed by atoms with Crippen LogP contribution in [0, 0.1) is 0 Å². The molecule has 0 N–H and O–H groups in total. The highest BCUT2D eigenvalue weighted by atomic mass is 16.5. The fraction of sp³-hybridized carbons (Fsp3) is 0.571. The van der Waals surface area contributed by atoms with Gasteiger partial charge in [-0.3, -0.25) is 4.79 Å². The molecule has 1 atom stereocenters. The number of methoxy groups -OCH3 is 2. The molecule has 1 aliphatic heterocycles. The van der Waals surface area contributed by atoms with Gasteiger partial charge in [0.05, 0.1) is 26.5 Å². The first-order valence-electron chi connectivity index (χ1n) is 6.59. The Kier molecular flexibility index (Phi) is 4.60. The minimum Gasteiger partial charge on any atom is -0.495 e. The zero-order valence-corrected chi connectivity index (χ0v) is 11.5. The molecule has 104 valence electrons. The van der Waals surface area contributed by atoms with Crippen molar-refractivity contribution < 1.29 is 14.3 Å². The second kappa shape index (κ2) is 6.41. The summed E-state index contributed by atoms with van der Waals surface area (Å²) in [5, 5.41) is 0. The Hall–Kier alpha value is -1.78. The van der Waals surface area contributed by atoms with Crippen molar-refractivity contribution in [1.82, 2.24) is 9.88 Å². The van der Waals surface area contributed by atoms with Gasteiger partial charge >= 0.3 is 0 Å². The number of hydrogen-bond acceptors (Lipinski definition) is 4. The van der Waals surface area contributed by atoms with E-state index in [9.17, 15) is 4.79 Å². The quantitative estimate of drug-likeness (QED) is 0.782. The van der Waals surface area contributed by atoms with E-state index in [1.165, 1.54) is 0 Å². The standard InChI is InChI=1S/C14H20N2O3/c1-18-13-9-15-14(19-2)8-11(13)12-6-4-3-5-7-16(12)10-17/h8-10,12H,3-7H2,1-2H3. The van der Waals surface area contributed by atoms with E-state index in [4.69, 9.17) is 9.47 Å². The van der Waals surface area contributed by atoms with Gasteiger partial charge in [0.25, 0.3) is 0 Å². The number of pyridine rings is 1. The summed E-state index contributed by atoms with van der Waals surface area (Å²) in [6.45, 7) is 0.794. The van der Waals surface area contributed by atoms with E-state index in [0.29, 0.717) is 11.6 Å². The lowest BCUT2D eigenvalue weighted by atomic mass is 10.0. The molecule has 19 heavy (non-hydrogen) atoms. The van der Waals surface area contributed by atoms with Crippen LogP contribution in [0.15, 0.2) is 12.3 Å². The highest BCUT2D eigenvalue weighted by Gasteiger charge is 2.25. The molecule has 1 unspecified atom stereocenters. The van der Waals surface area contributed by atoms with Gasteiger partial charge in [0.2, 0.25) is 12.3 Å². The Morgan fingerprint density at radius 2 is 2.16 bits per heavy atom. The average molecular weight is 264 g/mol. The Morgan fingerprint density at radius 1 is 1.32 bits per heavy atom. The van der Waals surface area contributed by atoms with Crippen LogP contribution in [0.3, 0.4) is 0 Å². The van der Waals surface area contributed by atoms with Crippen LogP contribution in [0.1, 0.15) is 37.3 Å². The van der Waals surface area contributed by atoms with E-state index >= 15 is 0 Å². The first-order chi connectivity index (χ1) is 9.30. The molecule has 0 aromatic carbocycles. The van der Waals surface area contributed by atoms with Crippen LogP contribution < -0.4 is 9.47 Å². The van der Waals surface area contributed by atoms with E-state index in [1.54, 1.807) is 20.4 Å². The number of carbonyl (C=O) groups is 1. The minimum absolute atomic E-state index is 0.0480. The van der Waals surface area contributed by atoms with Crippen molar-refractivity contribution >= 4 is 6.41 Å². The van der Waals surface area contributed by atoms with Gasteiger partial charge < -0.3 is 14.4 Å². The predicted octanol–water partition coefficient (Wildman–Crippen LogP) is 2.17. The van der Waals surface area contributed by atoms with Crippen molar-refractivity contribution in [3.05, 3.63) is 17.8 Å². The van der Waals surface area contributed by atoms with Crippen molar-refractivity contribution in [2.75, 3.05) is 20.8 Å². The Balaban J connectivity index is 2.38. The zero-order chi connectivity index (χ0) is 13.7. The highest BCUT2D eigenvalue weighted by molar-refractivity contribution is 5.50. The minimum atomic E-state index is 0.0480. The fourth-order valence-corrected chi connectivity index (χ4v) is 2.57. The van der Waals surface area contributed by atoms with Crippen LogP contribution in [0.2, 0.25) is 0 Å². The molecule has 1 saturated heterocycles. The van der Waals surface area contributed by atoms with Gasteiger partial charge in [-0.1, -0.05) is 12.8 Å². The van der Waals surface area contributed by atoms with E-state index in [0.717, 1.165) is 44.2 Å². The van der Waals surface area contributed by atoms with Gasteiger partial charge in [-0.05, 0) is 12.8 Å². The zero-order valence-electron chi connectivity index (χ0n) is 11.5. The van der Waals surface area contributed by atoms with Crippen molar-refractivity contribution in [2.45, 2.75) is 31.7 Å². The van der Waals surface area contributed by atoms with Crippen molar-refractivity contribution in [3.8, 4) is 11.6 Å². The van der Waals surface area contributed by atoms with Crippen LogP contribution in [-0.2, 0) is 4.79 Å². The second-order valence-corrected chi connectivity index (χ2v) is 4.68. The van der Waals surface area contributed by atoms with Gasteiger partial charge in [0, 0.05) is 18.2 Å². The summed E-state index contributed by atoms with van der Waals surface area (Å²) < 4.78 is 10.5. The number of likely N-dealkylation sites (tertiary alicyclic amines) is 1. The van der Waals surface area contributed by atoms with E-state index in [-0.39, 0.29) is 6.04 Å². The van der Waals surface area contributed by atoms with Crippen LogP contribution in [0.4, 0.5) is 0 Å². The topological polar surface area (TPSA) is 51.7 Å². The summed E-state index contributed by atoms with van der Waals surface area (Å²) in [6.07, 6.45) is 6.86. The predicted molar refractivity (Wildman–Crippen MR) is 71.3 cm³/mol. The number of ether oxygens (including phenoxy) is 2. The second-order valence-electron chi connectivity index (χ2n) is 4.68. The number of carbonyl (C=O) groups excluding carboxylic acids is 1. The first kappa shape index (κ1) is 13.6. The number of hydrogen-bond donors (Lipinski definition) is 0.